The van der Waals surface area contributed by atoms with Gasteiger partial charge in [0.1, 0.15) is 42.2 Å². The van der Waals surface area contributed by atoms with Crippen molar-refractivity contribution in [2.75, 3.05) is 13.7 Å². The summed E-state index contributed by atoms with van der Waals surface area (Å²) in [4.78, 5) is 0. The zero-order valence-corrected chi connectivity index (χ0v) is 21.6. The van der Waals surface area contributed by atoms with Gasteiger partial charge in [0.2, 0.25) is 0 Å². The minimum absolute atomic E-state index is 0.0443. The first-order valence-electron chi connectivity index (χ1n) is 13.4. The molecule has 0 bridgehead atoms. The summed E-state index contributed by atoms with van der Waals surface area (Å²) in [6.45, 7) is 0.0443. The molecule has 0 aromatic heterocycles. The van der Waals surface area contributed by atoms with E-state index in [2.05, 4.69) is 0 Å². The molecule has 38 heavy (non-hydrogen) atoms. The summed E-state index contributed by atoms with van der Waals surface area (Å²) >= 11 is 0. The van der Waals surface area contributed by atoms with Crippen molar-refractivity contribution in [2.24, 2.45) is 0 Å². The van der Waals surface area contributed by atoms with Gasteiger partial charge in [-0.25, -0.2) is 0 Å². The smallest absolute Gasteiger partial charge is 0.197 e. The molecular weight excluding hydrogens is 484 g/mol. The van der Waals surface area contributed by atoms with Crippen molar-refractivity contribution in [3.63, 3.8) is 0 Å². The van der Waals surface area contributed by atoms with Gasteiger partial charge in [-0.1, -0.05) is 48.9 Å². The number of benzene rings is 3. The maximum atomic E-state index is 10.9. The van der Waals surface area contributed by atoms with Gasteiger partial charge in [0.05, 0.1) is 6.10 Å². The van der Waals surface area contributed by atoms with Crippen LogP contribution in [0.5, 0.6) is 17.2 Å². The summed E-state index contributed by atoms with van der Waals surface area (Å²) in [6, 6.07) is 25.1. The van der Waals surface area contributed by atoms with E-state index in [0.717, 1.165) is 29.7 Å². The summed E-state index contributed by atoms with van der Waals surface area (Å²) in [5.41, 5.74) is 2.20. The van der Waals surface area contributed by atoms with Crippen LogP contribution in [-0.2, 0) is 9.47 Å². The molecule has 2 N–H and O–H groups in total. The first-order valence-corrected chi connectivity index (χ1v) is 13.4. The first-order chi connectivity index (χ1) is 18.6. The van der Waals surface area contributed by atoms with Crippen molar-refractivity contribution in [1.82, 2.24) is 0 Å². The van der Waals surface area contributed by atoms with Gasteiger partial charge in [-0.3, -0.25) is 0 Å². The fourth-order valence-electron chi connectivity index (χ4n) is 5.04. The number of ether oxygens (including phenoxy) is 5. The molecule has 2 aliphatic rings. The van der Waals surface area contributed by atoms with Crippen molar-refractivity contribution >= 4 is 0 Å². The average Bonchev–Trinajstić information content (AvgIpc) is 2.97. The maximum absolute atomic E-state index is 10.9. The van der Waals surface area contributed by atoms with Crippen LogP contribution in [0, 0.1) is 0 Å². The van der Waals surface area contributed by atoms with E-state index < -0.39 is 30.7 Å². The molecule has 3 aromatic rings. The number of hydrogen-bond donors (Lipinski definition) is 2. The molecule has 0 amide bonds. The zero-order chi connectivity index (χ0) is 26.3. The Morgan fingerprint density at radius 3 is 1.97 bits per heavy atom. The molecule has 0 spiro atoms. The highest BCUT2D eigenvalue weighted by Crippen LogP contribution is 2.30. The molecule has 1 aliphatic heterocycles. The Morgan fingerprint density at radius 2 is 1.32 bits per heavy atom. The van der Waals surface area contributed by atoms with Gasteiger partial charge in [-0.15, -0.1) is 0 Å². The fraction of sp³-hybridized carbons (Fsp3) is 0.419. The second-order valence-electron chi connectivity index (χ2n) is 9.89. The molecule has 1 saturated heterocycles. The fourth-order valence-corrected chi connectivity index (χ4v) is 5.04. The van der Waals surface area contributed by atoms with Crippen molar-refractivity contribution in [2.45, 2.75) is 68.9 Å². The van der Waals surface area contributed by atoms with Crippen LogP contribution in [0.1, 0.15) is 32.1 Å². The maximum Gasteiger partial charge on any atom is 0.197 e. The highest BCUT2D eigenvalue weighted by atomic mass is 16.7. The summed E-state index contributed by atoms with van der Waals surface area (Å²) in [5, 5.41) is 21.7. The topological polar surface area (TPSA) is 86.6 Å². The number of methoxy groups -OCH3 is 1. The minimum atomic E-state index is -1.24. The third-order valence-corrected chi connectivity index (χ3v) is 7.20. The molecule has 2 fully saturated rings. The third kappa shape index (κ3) is 6.48. The van der Waals surface area contributed by atoms with Crippen molar-refractivity contribution in [3.8, 4) is 28.4 Å². The lowest BCUT2D eigenvalue weighted by Crippen LogP contribution is -2.61. The van der Waals surface area contributed by atoms with Crippen LogP contribution in [0.2, 0.25) is 0 Å². The summed E-state index contributed by atoms with van der Waals surface area (Å²) in [6.07, 6.45) is 1.07. The van der Waals surface area contributed by atoms with E-state index >= 15 is 0 Å². The van der Waals surface area contributed by atoms with E-state index in [0.29, 0.717) is 11.5 Å². The first kappa shape index (κ1) is 26.5. The lowest BCUT2D eigenvalue weighted by Gasteiger charge is -2.41. The minimum Gasteiger partial charge on any atom is -0.491 e. The molecule has 5 rings (SSSR count). The predicted octanol–water partition coefficient (Wildman–Crippen LogP) is 4.98. The van der Waals surface area contributed by atoms with Gasteiger partial charge in [-0.05, 0) is 73.2 Å². The molecule has 7 nitrogen and oxygen atoms in total. The van der Waals surface area contributed by atoms with Gasteiger partial charge in [0.15, 0.2) is 12.4 Å². The monoisotopic (exact) mass is 520 g/mol. The van der Waals surface area contributed by atoms with Gasteiger partial charge in [-0.2, -0.15) is 0 Å². The van der Waals surface area contributed by atoms with E-state index in [9.17, 15) is 10.2 Å². The van der Waals surface area contributed by atoms with E-state index in [1.807, 2.05) is 66.7 Å². The van der Waals surface area contributed by atoms with Gasteiger partial charge < -0.3 is 33.9 Å². The van der Waals surface area contributed by atoms with E-state index in [1.54, 1.807) is 12.1 Å². The Labute approximate surface area is 223 Å². The van der Waals surface area contributed by atoms with Crippen LogP contribution in [0.25, 0.3) is 11.1 Å². The Morgan fingerprint density at radius 1 is 0.711 bits per heavy atom. The molecule has 0 unspecified atom stereocenters. The average molecular weight is 521 g/mol. The standard InChI is InChI=1S/C31H36O7/c1-34-31-30(37-26-18-16-25(17-19-26)36-24-10-6-3-7-11-24)29(33)28(32)27(38-31)20-35-23-14-12-22(13-15-23)21-8-4-2-5-9-21/h2,4-5,8-9,12-19,24,27-33H,3,6-7,10-11,20H2,1H3/t27-,28-,29+,30-,31-/m1/s1. The highest BCUT2D eigenvalue weighted by molar-refractivity contribution is 5.63. The van der Waals surface area contributed by atoms with E-state index in [1.165, 1.54) is 26.4 Å². The van der Waals surface area contributed by atoms with Gasteiger partial charge >= 0.3 is 0 Å². The molecule has 3 aromatic carbocycles. The van der Waals surface area contributed by atoms with Gasteiger partial charge in [0, 0.05) is 7.11 Å². The quantitative estimate of drug-likeness (QED) is 0.411. The summed E-state index contributed by atoms with van der Waals surface area (Å²) < 4.78 is 29.3. The van der Waals surface area contributed by atoms with Crippen molar-refractivity contribution in [3.05, 3.63) is 78.9 Å². The molecule has 5 atom stereocenters. The van der Waals surface area contributed by atoms with E-state index in [-0.39, 0.29) is 12.7 Å². The molecule has 1 aliphatic carbocycles. The molecule has 1 saturated carbocycles. The number of aliphatic hydroxyl groups is 2. The molecule has 1 heterocycles. The summed E-state index contributed by atoms with van der Waals surface area (Å²) in [7, 11) is 1.48. The Bertz CT molecular complexity index is 1110. The van der Waals surface area contributed by atoms with Crippen molar-refractivity contribution < 1.29 is 33.9 Å². The van der Waals surface area contributed by atoms with E-state index in [4.69, 9.17) is 23.7 Å². The second-order valence-corrected chi connectivity index (χ2v) is 9.89. The predicted molar refractivity (Wildman–Crippen MR) is 143 cm³/mol. The lowest BCUT2D eigenvalue weighted by atomic mass is 9.98. The molecular formula is C31H36O7. The Kier molecular flexibility index (Phi) is 8.81. The van der Waals surface area contributed by atoms with Gasteiger partial charge in [0.25, 0.3) is 0 Å². The number of rotatable bonds is 9. The van der Waals surface area contributed by atoms with Crippen LogP contribution in [-0.4, -0.2) is 60.7 Å². The van der Waals surface area contributed by atoms with Crippen LogP contribution in [0.3, 0.4) is 0 Å². The number of aliphatic hydroxyl groups excluding tert-OH is 2. The number of hydrogen-bond acceptors (Lipinski definition) is 7. The Balaban J connectivity index is 1.16. The SMILES string of the molecule is CO[C@@H]1O[C@H](COc2ccc(-c3ccccc3)cc2)[C@@H](O)[C@H](O)[C@H]1Oc1ccc(OC2CCCCC2)cc1. The third-order valence-electron chi connectivity index (χ3n) is 7.20. The normalized spacial score (nSPS) is 26.0. The van der Waals surface area contributed by atoms with Crippen LogP contribution >= 0.6 is 0 Å². The molecule has 0 radical (unpaired) electrons. The second kappa shape index (κ2) is 12.6. The van der Waals surface area contributed by atoms with Crippen molar-refractivity contribution in [1.29, 1.82) is 0 Å². The Hall–Kier alpha value is -3.10. The molecule has 7 heteroatoms. The largest absolute Gasteiger partial charge is 0.491 e. The zero-order valence-electron chi connectivity index (χ0n) is 21.6. The van der Waals surface area contributed by atoms with Crippen LogP contribution < -0.4 is 14.2 Å². The summed E-state index contributed by atoms with van der Waals surface area (Å²) in [5.74, 6) is 1.95. The van der Waals surface area contributed by atoms with Crippen LogP contribution in [0.4, 0.5) is 0 Å². The lowest BCUT2D eigenvalue weighted by molar-refractivity contribution is -0.287. The molecule has 202 valence electrons. The van der Waals surface area contributed by atoms with Crippen LogP contribution in [0.15, 0.2) is 78.9 Å². The highest BCUT2D eigenvalue weighted by Gasteiger charge is 2.46.